The summed E-state index contributed by atoms with van der Waals surface area (Å²) in [5.74, 6) is -1.35. The van der Waals surface area contributed by atoms with Crippen LogP contribution in [0.1, 0.15) is 50.5 Å². The zero-order chi connectivity index (χ0) is 33.8. The van der Waals surface area contributed by atoms with Crippen LogP contribution in [0, 0.1) is 34.3 Å². The minimum Gasteiger partial charge on any atom is -0.461 e. The fourth-order valence-electron chi connectivity index (χ4n) is 8.77. The molecule has 3 unspecified atom stereocenters. The summed E-state index contributed by atoms with van der Waals surface area (Å²) in [5, 5.41) is 24.0. The predicted molar refractivity (Wildman–Crippen MR) is 177 cm³/mol. The Hall–Kier alpha value is -4.44. The van der Waals surface area contributed by atoms with Crippen molar-refractivity contribution >= 4 is 43.1 Å². The molecule has 5 aliphatic rings. The van der Waals surface area contributed by atoms with Gasteiger partial charge in [-0.1, -0.05) is 0 Å². The van der Waals surface area contributed by atoms with Crippen LogP contribution in [0.4, 0.5) is 24.0 Å². The second-order valence-electron chi connectivity index (χ2n) is 14.2. The highest BCUT2D eigenvalue weighted by atomic mass is 32.1. The number of aromatic nitrogens is 3. The van der Waals surface area contributed by atoms with E-state index < -0.39 is 34.4 Å². The minimum atomic E-state index is -1.36. The van der Waals surface area contributed by atoms with Crippen molar-refractivity contribution in [1.29, 1.82) is 10.5 Å². The molecule has 9 rings (SSSR count). The summed E-state index contributed by atoms with van der Waals surface area (Å²) in [5.41, 5.74) is 3.03. The summed E-state index contributed by atoms with van der Waals surface area (Å²) in [6, 6.07) is 6.86. The van der Waals surface area contributed by atoms with Gasteiger partial charge in [-0.2, -0.15) is 20.5 Å². The molecule has 3 N–H and O–H groups in total. The van der Waals surface area contributed by atoms with Gasteiger partial charge >= 0.3 is 6.01 Å². The molecule has 5 fully saturated rings. The van der Waals surface area contributed by atoms with E-state index >= 15 is 8.78 Å². The van der Waals surface area contributed by atoms with Crippen molar-refractivity contribution in [3.05, 3.63) is 39.7 Å². The van der Waals surface area contributed by atoms with E-state index in [9.17, 15) is 19.7 Å². The smallest absolute Gasteiger partial charge is 0.319 e. The molecule has 7 heterocycles. The van der Waals surface area contributed by atoms with Gasteiger partial charge in [0, 0.05) is 49.1 Å². The van der Waals surface area contributed by atoms with E-state index in [2.05, 4.69) is 21.3 Å². The molecule has 49 heavy (non-hydrogen) atoms. The molecular formula is C34H32F3N9O2S. The van der Waals surface area contributed by atoms with Crippen molar-refractivity contribution in [2.45, 2.75) is 74.3 Å². The lowest BCUT2D eigenvalue weighted by molar-refractivity contribution is 0.107. The lowest BCUT2D eigenvalue weighted by atomic mass is 9.95. The van der Waals surface area contributed by atoms with Crippen LogP contribution in [0.2, 0.25) is 0 Å². The van der Waals surface area contributed by atoms with Gasteiger partial charge in [0.2, 0.25) is 0 Å². The number of piperazine rings is 1. The number of nitrogens with zero attached hydrogens (tertiary/aromatic N) is 7. The van der Waals surface area contributed by atoms with Crippen LogP contribution in [-0.4, -0.2) is 76.0 Å². The summed E-state index contributed by atoms with van der Waals surface area (Å²) in [6.07, 6.45) is 3.49. The Balaban J connectivity index is 1.30. The zero-order valence-electron chi connectivity index (χ0n) is 26.4. The van der Waals surface area contributed by atoms with E-state index in [0.29, 0.717) is 38.9 Å². The van der Waals surface area contributed by atoms with Gasteiger partial charge in [0.1, 0.15) is 51.9 Å². The Morgan fingerprint density at radius 2 is 1.88 bits per heavy atom. The third-order valence-corrected chi connectivity index (χ3v) is 12.2. The molecule has 4 aliphatic heterocycles. The van der Waals surface area contributed by atoms with Gasteiger partial charge in [-0.25, -0.2) is 13.2 Å². The number of thiophene rings is 1. The monoisotopic (exact) mass is 687 g/mol. The topological polar surface area (TPSA) is 149 Å². The first kappa shape index (κ1) is 30.6. The Bertz CT molecular complexity index is 2210. The molecule has 0 amide bonds. The minimum absolute atomic E-state index is 0.0402. The molecule has 15 heteroatoms. The van der Waals surface area contributed by atoms with Gasteiger partial charge in [-0.05, 0) is 57.2 Å². The fourth-order valence-corrected chi connectivity index (χ4v) is 9.72. The van der Waals surface area contributed by atoms with Crippen LogP contribution in [0.5, 0.6) is 6.01 Å². The number of anilines is 2. The molecule has 0 radical (unpaired) electrons. The molecule has 1 aromatic carbocycles. The molecule has 4 atom stereocenters. The molecular weight excluding hydrogens is 655 g/mol. The van der Waals surface area contributed by atoms with Gasteiger partial charge in [0.25, 0.3) is 5.56 Å². The van der Waals surface area contributed by atoms with E-state index in [-0.39, 0.29) is 73.3 Å². The number of nitriles is 2. The quantitative estimate of drug-likeness (QED) is 0.300. The molecule has 4 saturated heterocycles. The summed E-state index contributed by atoms with van der Waals surface area (Å²) in [4.78, 5) is 28.2. The Morgan fingerprint density at radius 3 is 2.59 bits per heavy atom. The van der Waals surface area contributed by atoms with Crippen molar-refractivity contribution in [2.75, 3.05) is 43.4 Å². The lowest BCUT2D eigenvalue weighted by Gasteiger charge is -2.35. The number of alkyl halides is 1. The molecule has 2 bridgehead atoms. The van der Waals surface area contributed by atoms with Gasteiger partial charge in [0.05, 0.1) is 27.6 Å². The van der Waals surface area contributed by atoms with E-state index in [4.69, 9.17) is 15.5 Å². The van der Waals surface area contributed by atoms with Crippen molar-refractivity contribution in [3.63, 3.8) is 0 Å². The summed E-state index contributed by atoms with van der Waals surface area (Å²) in [6.45, 7) is 2.24. The number of nitrogens with two attached hydrogens (primary N) is 1. The van der Waals surface area contributed by atoms with Gasteiger partial charge in [-0.3, -0.25) is 14.3 Å². The van der Waals surface area contributed by atoms with Crippen molar-refractivity contribution in [2.24, 2.45) is 0 Å². The maximum absolute atomic E-state index is 17.6. The predicted octanol–water partition coefficient (Wildman–Crippen LogP) is 4.31. The van der Waals surface area contributed by atoms with Crippen LogP contribution in [0.15, 0.2) is 16.9 Å². The molecule has 1 aliphatic carbocycles. The lowest BCUT2D eigenvalue weighted by Crippen LogP contribution is -2.51. The second-order valence-corrected chi connectivity index (χ2v) is 15.2. The average Bonchev–Trinajstić information content (AvgIpc) is 3.28. The third-order valence-electron chi connectivity index (χ3n) is 11.2. The van der Waals surface area contributed by atoms with Crippen LogP contribution in [-0.2, 0) is 5.54 Å². The van der Waals surface area contributed by atoms with E-state index in [1.807, 2.05) is 11.0 Å². The SMILES string of the molecule is N#Cc1c(N)sc2c(F)ccc(-c3c(F)c4nc(OCC56CCCN5C[C@H](F)C6)nc(N5CC6CCC(C5)N6)c4c(=O)n3C3(C#N)CC3)c12. The highest BCUT2D eigenvalue weighted by Crippen LogP contribution is 2.49. The normalized spacial score (nSPS) is 27.0. The van der Waals surface area contributed by atoms with E-state index in [1.165, 1.54) is 6.07 Å². The largest absolute Gasteiger partial charge is 0.461 e. The van der Waals surface area contributed by atoms with Gasteiger partial charge in [-0.15, -0.1) is 11.3 Å². The molecule has 252 valence electrons. The first-order chi connectivity index (χ1) is 23.6. The fraction of sp³-hybridized carbons (Fsp3) is 0.500. The first-order valence-corrected chi connectivity index (χ1v) is 17.5. The third kappa shape index (κ3) is 4.48. The Labute approximate surface area is 282 Å². The summed E-state index contributed by atoms with van der Waals surface area (Å²) < 4.78 is 54.7. The number of nitrogen functional groups attached to an aromatic ring is 1. The maximum atomic E-state index is 17.6. The van der Waals surface area contributed by atoms with Crippen molar-refractivity contribution in [1.82, 2.24) is 24.8 Å². The van der Waals surface area contributed by atoms with Gasteiger partial charge in [0.15, 0.2) is 5.82 Å². The molecule has 0 spiro atoms. The number of hydrogen-bond donors (Lipinski definition) is 2. The number of pyridine rings is 1. The van der Waals surface area contributed by atoms with Crippen LogP contribution in [0.25, 0.3) is 32.2 Å². The number of halogens is 3. The number of hydrogen-bond acceptors (Lipinski definition) is 11. The first-order valence-electron chi connectivity index (χ1n) is 16.7. The van der Waals surface area contributed by atoms with Crippen LogP contribution in [0.3, 0.4) is 0 Å². The number of nitrogens with one attached hydrogen (secondary N) is 1. The number of ether oxygens (including phenoxy) is 1. The standard InChI is InChI=1S/C34H32F3N9O2S/c35-17-10-34(6-1-9-45(34)12-17)16-48-32-42-26-24(30(43-32)44-13-18-2-3-19(14-44)41-18)31(47)46(33(15-39)7-8-33)27(25(26)37)20-4-5-22(36)28-23(20)21(11-38)29(40)49-28/h4-5,17-19,41H,1-3,6-10,12-14,16,40H2/t17-,18?,19?,34?/m1/s1. The van der Waals surface area contributed by atoms with E-state index in [0.717, 1.165) is 54.2 Å². The van der Waals surface area contributed by atoms with Crippen LogP contribution >= 0.6 is 11.3 Å². The molecule has 4 aromatic rings. The number of benzene rings is 1. The molecule has 11 nitrogen and oxygen atoms in total. The average molecular weight is 688 g/mol. The Kier molecular flexibility index (Phi) is 6.73. The van der Waals surface area contributed by atoms with Crippen molar-refractivity contribution < 1.29 is 17.9 Å². The number of rotatable bonds is 6. The Morgan fingerprint density at radius 1 is 1.10 bits per heavy atom. The second kappa shape index (κ2) is 10.8. The zero-order valence-corrected chi connectivity index (χ0v) is 27.3. The highest BCUT2D eigenvalue weighted by molar-refractivity contribution is 7.23. The highest BCUT2D eigenvalue weighted by Gasteiger charge is 2.51. The molecule has 3 aromatic heterocycles. The van der Waals surface area contributed by atoms with Crippen LogP contribution < -0.4 is 26.2 Å². The van der Waals surface area contributed by atoms with Crippen molar-refractivity contribution in [3.8, 4) is 29.4 Å². The van der Waals surface area contributed by atoms with Gasteiger partial charge < -0.3 is 20.7 Å². The maximum Gasteiger partial charge on any atom is 0.319 e. The van der Waals surface area contributed by atoms with E-state index in [1.54, 1.807) is 0 Å². The summed E-state index contributed by atoms with van der Waals surface area (Å²) >= 11 is 0.859. The molecule has 1 saturated carbocycles. The number of fused-ring (bicyclic) bond motifs is 5. The summed E-state index contributed by atoms with van der Waals surface area (Å²) in [7, 11) is 0.